The van der Waals surface area contributed by atoms with E-state index in [-0.39, 0.29) is 33.0 Å². The van der Waals surface area contributed by atoms with Crippen LogP contribution in [0.4, 0.5) is 0 Å². The molecule has 0 bridgehead atoms. The van der Waals surface area contributed by atoms with E-state index >= 15 is 0 Å². The van der Waals surface area contributed by atoms with Crippen molar-refractivity contribution in [1.29, 1.82) is 0 Å². The van der Waals surface area contributed by atoms with Gasteiger partial charge in [0.15, 0.2) is 10.9 Å². The molecule has 11 rings (SSSR count). The summed E-state index contributed by atoms with van der Waals surface area (Å²) >= 11 is 0.725. The normalized spacial score (nSPS) is 13.1. The molecule has 14 nitrogen and oxygen atoms in total. The Morgan fingerprint density at radius 1 is 0.577 bits per heavy atom. The fourth-order valence-corrected chi connectivity index (χ4v) is 9.02. The van der Waals surface area contributed by atoms with Gasteiger partial charge in [-0.3, -0.25) is 32.5 Å². The molecule has 0 fully saturated rings. The van der Waals surface area contributed by atoms with Crippen LogP contribution in [0.5, 0.6) is 0 Å². The number of nitrogens with zero attached hydrogens (tertiary/aromatic N) is 4. The summed E-state index contributed by atoms with van der Waals surface area (Å²) in [5.74, 6) is 0. The Balaban J connectivity index is 1.32. The van der Waals surface area contributed by atoms with Gasteiger partial charge in [-0.1, -0.05) is 17.2 Å². The molecule has 0 atom stereocenters. The standard InChI is InChI=1S/C36H14N4O10S2/c41-25-11-19-28-18(35(43)39-23-9-13(51-50-49-45)1-7-21(23)38-34(19)39)6-4-16-15-3-5-17-27-20(12-26(42)32(29(15)27)31(25)30(16)28)36(44)40-24-10-14(52(46,47)48)2-8-22(24)37-33(17)40/h1-12,45H,(H,46,47,48). The predicted molar refractivity (Wildman–Crippen MR) is 194 cm³/mol. The van der Waals surface area contributed by atoms with Gasteiger partial charge in [0.1, 0.15) is 11.3 Å². The van der Waals surface area contributed by atoms with Gasteiger partial charge >= 0.3 is 0 Å². The van der Waals surface area contributed by atoms with Gasteiger partial charge in [-0.15, -0.1) is 4.33 Å². The maximum Gasteiger partial charge on any atom is 0.294 e. The molecule has 16 heteroatoms. The highest BCUT2D eigenvalue weighted by Crippen LogP contribution is 2.43. The highest BCUT2D eigenvalue weighted by atomic mass is 32.2. The largest absolute Gasteiger partial charge is 0.294 e. The van der Waals surface area contributed by atoms with E-state index in [1.807, 2.05) is 0 Å². The zero-order valence-corrected chi connectivity index (χ0v) is 27.3. The Morgan fingerprint density at radius 2 is 1.12 bits per heavy atom. The number of benzene rings is 7. The van der Waals surface area contributed by atoms with Crippen molar-refractivity contribution >= 4 is 120 Å². The van der Waals surface area contributed by atoms with Crippen molar-refractivity contribution < 1.29 is 27.6 Å². The van der Waals surface area contributed by atoms with Gasteiger partial charge in [0, 0.05) is 53.4 Å². The Kier molecular flexibility index (Phi) is 5.45. The highest BCUT2D eigenvalue weighted by molar-refractivity contribution is 7.94. The summed E-state index contributed by atoms with van der Waals surface area (Å²) in [5, 5.41) is 16.6. The molecule has 2 N–H and O–H groups in total. The van der Waals surface area contributed by atoms with Crippen LogP contribution >= 0.6 is 12.0 Å². The maximum absolute atomic E-state index is 14.3. The van der Waals surface area contributed by atoms with Gasteiger partial charge in [-0.05, 0) is 71.4 Å². The Hall–Kier alpha value is -6.14. The number of aromatic nitrogens is 4. The van der Waals surface area contributed by atoms with E-state index in [4.69, 9.17) is 10.2 Å². The van der Waals surface area contributed by atoms with Crippen molar-refractivity contribution in [3.63, 3.8) is 0 Å². The zero-order chi connectivity index (χ0) is 35.5. The van der Waals surface area contributed by atoms with E-state index in [1.54, 1.807) is 42.5 Å². The van der Waals surface area contributed by atoms with Gasteiger partial charge in [-0.2, -0.15) is 8.42 Å². The lowest BCUT2D eigenvalue weighted by molar-refractivity contribution is -0.432. The van der Waals surface area contributed by atoms with Gasteiger partial charge < -0.3 is 0 Å². The molecule has 0 spiro atoms. The van der Waals surface area contributed by atoms with Crippen LogP contribution < -0.4 is 22.0 Å². The molecule has 0 radical (unpaired) electrons. The monoisotopic (exact) mass is 726 g/mol. The quantitative estimate of drug-likeness (QED) is 0.0610. The third-order valence-corrected chi connectivity index (χ3v) is 11.5. The van der Waals surface area contributed by atoms with Crippen LogP contribution in [0.2, 0.25) is 0 Å². The number of imidazole rings is 2. The molecule has 250 valence electrons. The molecule has 0 aliphatic heterocycles. The molecule has 52 heavy (non-hydrogen) atoms. The van der Waals surface area contributed by atoms with E-state index < -0.39 is 37.0 Å². The van der Waals surface area contributed by atoms with Crippen LogP contribution in [-0.4, -0.2) is 37.0 Å². The minimum absolute atomic E-state index is 0.0449. The Morgan fingerprint density at radius 3 is 1.77 bits per heavy atom. The lowest BCUT2D eigenvalue weighted by Gasteiger charge is -2.17. The summed E-state index contributed by atoms with van der Waals surface area (Å²) in [6.45, 7) is 0. The van der Waals surface area contributed by atoms with Crippen molar-refractivity contribution in [3.8, 4) is 0 Å². The Bertz CT molecular complexity index is 3810. The summed E-state index contributed by atoms with van der Waals surface area (Å²) < 4.78 is 40.7. The summed E-state index contributed by atoms with van der Waals surface area (Å²) in [7, 11) is -4.59. The van der Waals surface area contributed by atoms with Crippen molar-refractivity contribution in [2.24, 2.45) is 0 Å². The van der Waals surface area contributed by atoms with Gasteiger partial charge in [0.05, 0.1) is 44.4 Å². The van der Waals surface area contributed by atoms with Crippen LogP contribution in [-0.2, 0) is 19.5 Å². The van der Waals surface area contributed by atoms with E-state index in [0.717, 1.165) is 18.1 Å². The summed E-state index contributed by atoms with van der Waals surface area (Å²) in [5.41, 5.74) is -0.307. The highest BCUT2D eigenvalue weighted by Gasteiger charge is 2.27. The second-order valence-electron chi connectivity index (χ2n) is 12.6. The first-order valence-electron chi connectivity index (χ1n) is 15.4. The number of hydrogen-bond donors (Lipinski definition) is 2. The predicted octanol–water partition coefficient (Wildman–Crippen LogP) is 5.07. The van der Waals surface area contributed by atoms with Crippen molar-refractivity contribution in [2.75, 3.05) is 0 Å². The van der Waals surface area contributed by atoms with Crippen LogP contribution in [0, 0.1) is 0 Å². The topological polar surface area (TPSA) is 196 Å². The average Bonchev–Trinajstić information content (AvgIpc) is 3.71. The van der Waals surface area contributed by atoms with Crippen molar-refractivity contribution in [3.05, 3.63) is 114 Å². The molecule has 4 aromatic heterocycles. The third kappa shape index (κ3) is 3.49. The molecule has 7 aromatic carbocycles. The van der Waals surface area contributed by atoms with Crippen LogP contribution in [0.3, 0.4) is 0 Å². The molecular formula is C36H14N4O10S2. The molecule has 0 amide bonds. The lowest BCUT2D eigenvalue weighted by Crippen LogP contribution is -2.18. The van der Waals surface area contributed by atoms with Gasteiger partial charge in [0.2, 0.25) is 0 Å². The molecule has 0 saturated heterocycles. The summed E-state index contributed by atoms with van der Waals surface area (Å²) in [6, 6.07) is 18.2. The number of pyridine rings is 2. The Labute approximate surface area is 289 Å². The first-order valence-corrected chi connectivity index (χ1v) is 17.6. The number of rotatable bonds is 4. The van der Waals surface area contributed by atoms with E-state index in [0.29, 0.717) is 69.9 Å². The minimum atomic E-state index is -4.59. The molecule has 4 heterocycles. The fraction of sp³-hybridized carbons (Fsp3) is 0. The van der Waals surface area contributed by atoms with Gasteiger partial charge in [0.25, 0.3) is 21.2 Å². The van der Waals surface area contributed by atoms with Crippen LogP contribution in [0.15, 0.2) is 102 Å². The molecule has 0 saturated carbocycles. The van der Waals surface area contributed by atoms with Crippen LogP contribution in [0.25, 0.3) is 98.0 Å². The fourth-order valence-electron chi connectivity index (χ4n) is 8.13. The lowest BCUT2D eigenvalue weighted by atomic mass is 9.86. The first kappa shape index (κ1) is 29.6. The zero-order valence-electron chi connectivity index (χ0n) is 25.7. The molecule has 0 aliphatic rings. The summed E-state index contributed by atoms with van der Waals surface area (Å²) in [6.07, 6.45) is 0. The maximum atomic E-state index is 14.3. The molecule has 11 aromatic rings. The number of hydrogen-bond acceptors (Lipinski definition) is 12. The minimum Gasteiger partial charge on any atom is -0.289 e. The van der Waals surface area contributed by atoms with Crippen molar-refractivity contribution in [2.45, 2.75) is 9.79 Å². The van der Waals surface area contributed by atoms with E-state index in [1.165, 1.54) is 33.1 Å². The average molecular weight is 727 g/mol. The van der Waals surface area contributed by atoms with E-state index in [9.17, 15) is 32.1 Å². The third-order valence-electron chi connectivity index (χ3n) is 10.1. The SMILES string of the molecule is O=c1cc2c3c(ccc4c5ccc6c7c(cc(=O)c(c1c43)c57)c(=O)n1c3cc(S(=O)(=O)O)ccc3nc61)c(=O)n1c3cc(SOOO)ccc3nc21. The molecular weight excluding hydrogens is 713 g/mol. The van der Waals surface area contributed by atoms with Gasteiger partial charge in [-0.25, -0.2) is 15.2 Å². The molecule has 0 unspecified atom stereocenters. The smallest absolute Gasteiger partial charge is 0.289 e. The number of fused-ring (bicyclic) bond motifs is 10. The second kappa shape index (κ2) is 9.59. The van der Waals surface area contributed by atoms with E-state index in [2.05, 4.69) is 14.4 Å². The van der Waals surface area contributed by atoms with Crippen molar-refractivity contribution in [1.82, 2.24) is 18.8 Å². The first-order chi connectivity index (χ1) is 25.0. The molecule has 0 aliphatic carbocycles. The van der Waals surface area contributed by atoms with Crippen LogP contribution in [0.1, 0.15) is 0 Å². The summed E-state index contributed by atoms with van der Waals surface area (Å²) in [4.78, 5) is 66.4. The second-order valence-corrected chi connectivity index (χ2v) is 14.8.